The Morgan fingerprint density at radius 1 is 1.26 bits per heavy atom. The van der Waals surface area contributed by atoms with E-state index >= 15 is 0 Å². The molecule has 0 N–H and O–H groups in total. The van der Waals surface area contributed by atoms with E-state index in [0.29, 0.717) is 25.5 Å². The van der Waals surface area contributed by atoms with E-state index < -0.39 is 0 Å². The third-order valence-corrected chi connectivity index (χ3v) is 2.61. The van der Waals surface area contributed by atoms with Gasteiger partial charge in [0, 0.05) is 20.3 Å². The lowest BCUT2D eigenvalue weighted by molar-refractivity contribution is -0.122. The Kier molecular flexibility index (Phi) is 6.92. The van der Waals surface area contributed by atoms with E-state index in [9.17, 15) is 4.79 Å². The molecule has 0 aliphatic carbocycles. The molecule has 5 nitrogen and oxygen atoms in total. The highest BCUT2D eigenvalue weighted by atomic mass is 16.5. The van der Waals surface area contributed by atoms with Gasteiger partial charge in [0.25, 0.3) is 5.91 Å². The van der Waals surface area contributed by atoms with E-state index in [1.807, 2.05) is 31.2 Å². The monoisotopic (exact) mass is 267 g/mol. The third kappa shape index (κ3) is 4.54. The van der Waals surface area contributed by atoms with Crippen molar-refractivity contribution < 1.29 is 19.0 Å². The minimum atomic E-state index is -0.119. The molecule has 0 heterocycles. The van der Waals surface area contributed by atoms with Crippen LogP contribution < -0.4 is 9.64 Å². The van der Waals surface area contributed by atoms with Gasteiger partial charge >= 0.3 is 0 Å². The molecule has 0 aliphatic heterocycles. The van der Waals surface area contributed by atoms with Crippen LogP contribution in [-0.2, 0) is 14.3 Å². The fourth-order valence-corrected chi connectivity index (χ4v) is 1.73. The van der Waals surface area contributed by atoms with Crippen molar-refractivity contribution >= 4 is 11.6 Å². The van der Waals surface area contributed by atoms with Gasteiger partial charge in [-0.3, -0.25) is 4.79 Å². The van der Waals surface area contributed by atoms with Gasteiger partial charge < -0.3 is 19.1 Å². The van der Waals surface area contributed by atoms with Gasteiger partial charge in [0.2, 0.25) is 0 Å². The highest BCUT2D eigenvalue weighted by Crippen LogP contribution is 2.27. The van der Waals surface area contributed by atoms with Gasteiger partial charge in [0.05, 0.1) is 19.4 Å². The van der Waals surface area contributed by atoms with Gasteiger partial charge in [0.15, 0.2) is 0 Å². The maximum atomic E-state index is 12.1. The van der Waals surface area contributed by atoms with Crippen molar-refractivity contribution in [1.29, 1.82) is 0 Å². The van der Waals surface area contributed by atoms with Gasteiger partial charge in [-0.2, -0.15) is 0 Å². The van der Waals surface area contributed by atoms with Gasteiger partial charge in [-0.1, -0.05) is 12.1 Å². The predicted molar refractivity (Wildman–Crippen MR) is 73.7 cm³/mol. The van der Waals surface area contributed by atoms with Crippen molar-refractivity contribution in [1.82, 2.24) is 0 Å². The van der Waals surface area contributed by atoms with E-state index in [2.05, 4.69) is 0 Å². The molecule has 0 fully saturated rings. The van der Waals surface area contributed by atoms with Crippen molar-refractivity contribution in [3.8, 4) is 5.75 Å². The molecule has 5 heteroatoms. The van der Waals surface area contributed by atoms with Crippen LogP contribution >= 0.6 is 0 Å². The first-order chi connectivity index (χ1) is 9.24. The summed E-state index contributed by atoms with van der Waals surface area (Å²) in [6.07, 6.45) is 0. The van der Waals surface area contributed by atoms with Gasteiger partial charge in [-0.05, 0) is 19.1 Å². The molecule has 0 saturated heterocycles. The van der Waals surface area contributed by atoms with Crippen LogP contribution in [0, 0.1) is 0 Å². The molecular weight excluding hydrogens is 246 g/mol. The first kappa shape index (κ1) is 15.5. The molecule has 0 spiro atoms. The fourth-order valence-electron chi connectivity index (χ4n) is 1.73. The number of hydrogen-bond donors (Lipinski definition) is 0. The van der Waals surface area contributed by atoms with Crippen molar-refractivity contribution in [3.05, 3.63) is 24.3 Å². The molecule has 1 rings (SSSR count). The maximum Gasteiger partial charge on any atom is 0.253 e. The number of methoxy groups -OCH3 is 2. The Balaban J connectivity index is 2.90. The van der Waals surface area contributed by atoms with E-state index in [1.54, 1.807) is 12.0 Å². The predicted octanol–water partition coefficient (Wildman–Crippen LogP) is 1.71. The Hall–Kier alpha value is -1.59. The van der Waals surface area contributed by atoms with Crippen LogP contribution in [0.5, 0.6) is 5.75 Å². The van der Waals surface area contributed by atoms with E-state index in [0.717, 1.165) is 5.69 Å². The number of nitrogens with zero attached hydrogens (tertiary/aromatic N) is 1. The zero-order chi connectivity index (χ0) is 14.1. The Labute approximate surface area is 114 Å². The summed E-state index contributed by atoms with van der Waals surface area (Å²) >= 11 is 0. The van der Waals surface area contributed by atoms with E-state index in [1.165, 1.54) is 7.11 Å². The SMILES string of the molecule is CCOCCN(C(=O)COC)c1ccccc1OC. The molecule has 19 heavy (non-hydrogen) atoms. The summed E-state index contributed by atoms with van der Waals surface area (Å²) in [7, 11) is 3.08. The van der Waals surface area contributed by atoms with Crippen LogP contribution in [0.1, 0.15) is 6.92 Å². The van der Waals surface area contributed by atoms with Crippen LogP contribution in [0.15, 0.2) is 24.3 Å². The average molecular weight is 267 g/mol. The molecule has 1 amide bonds. The lowest BCUT2D eigenvalue weighted by atomic mass is 10.2. The molecule has 0 aromatic heterocycles. The van der Waals surface area contributed by atoms with Crippen molar-refractivity contribution in [2.75, 3.05) is 45.5 Å². The number of amides is 1. The number of carbonyl (C=O) groups excluding carboxylic acids is 1. The Bertz CT molecular complexity index is 395. The molecule has 1 aromatic rings. The standard InChI is InChI=1S/C14H21NO4/c1-4-19-10-9-15(14(16)11-17-2)12-7-5-6-8-13(12)18-3/h5-8H,4,9-11H2,1-3H3. The lowest BCUT2D eigenvalue weighted by Crippen LogP contribution is -2.36. The molecule has 0 radical (unpaired) electrons. The van der Waals surface area contributed by atoms with E-state index in [-0.39, 0.29) is 12.5 Å². The fraction of sp³-hybridized carbons (Fsp3) is 0.500. The number of para-hydroxylation sites is 2. The van der Waals surface area contributed by atoms with Crippen molar-refractivity contribution in [3.63, 3.8) is 0 Å². The quantitative estimate of drug-likeness (QED) is 0.673. The molecule has 1 aromatic carbocycles. The highest BCUT2D eigenvalue weighted by molar-refractivity contribution is 5.95. The maximum absolute atomic E-state index is 12.1. The van der Waals surface area contributed by atoms with E-state index in [4.69, 9.17) is 14.2 Å². The molecule has 0 aliphatic rings. The van der Waals surface area contributed by atoms with Crippen LogP contribution in [0.3, 0.4) is 0 Å². The van der Waals surface area contributed by atoms with Crippen molar-refractivity contribution in [2.45, 2.75) is 6.92 Å². The Morgan fingerprint density at radius 2 is 2.00 bits per heavy atom. The highest BCUT2D eigenvalue weighted by Gasteiger charge is 2.18. The Morgan fingerprint density at radius 3 is 2.63 bits per heavy atom. The first-order valence-corrected chi connectivity index (χ1v) is 6.24. The van der Waals surface area contributed by atoms with Crippen LogP contribution in [0.2, 0.25) is 0 Å². The van der Waals surface area contributed by atoms with Crippen LogP contribution in [0.25, 0.3) is 0 Å². The second-order valence-electron chi connectivity index (χ2n) is 3.85. The summed E-state index contributed by atoms with van der Waals surface area (Å²) in [5, 5.41) is 0. The third-order valence-electron chi connectivity index (χ3n) is 2.61. The summed E-state index contributed by atoms with van der Waals surface area (Å²) in [6.45, 7) is 3.52. The number of carbonyl (C=O) groups is 1. The smallest absolute Gasteiger partial charge is 0.253 e. The summed E-state index contributed by atoms with van der Waals surface area (Å²) in [5.74, 6) is 0.537. The molecule has 0 unspecified atom stereocenters. The van der Waals surface area contributed by atoms with Crippen LogP contribution in [-0.4, -0.2) is 46.5 Å². The minimum Gasteiger partial charge on any atom is -0.495 e. The summed E-state index contributed by atoms with van der Waals surface area (Å²) in [6, 6.07) is 7.40. The lowest BCUT2D eigenvalue weighted by Gasteiger charge is -2.24. The average Bonchev–Trinajstić information content (AvgIpc) is 2.44. The first-order valence-electron chi connectivity index (χ1n) is 6.24. The number of hydrogen-bond acceptors (Lipinski definition) is 4. The molecule has 0 atom stereocenters. The number of ether oxygens (including phenoxy) is 3. The largest absolute Gasteiger partial charge is 0.495 e. The second kappa shape index (κ2) is 8.50. The number of benzene rings is 1. The number of rotatable bonds is 8. The van der Waals surface area contributed by atoms with Gasteiger partial charge in [-0.25, -0.2) is 0 Å². The summed E-state index contributed by atoms with van der Waals surface area (Å²) < 4.78 is 15.5. The molecule has 0 bridgehead atoms. The number of anilines is 1. The topological polar surface area (TPSA) is 48.0 Å². The molecular formula is C14H21NO4. The molecule has 106 valence electrons. The second-order valence-corrected chi connectivity index (χ2v) is 3.85. The summed E-state index contributed by atoms with van der Waals surface area (Å²) in [4.78, 5) is 13.7. The minimum absolute atomic E-state index is 0.0319. The molecule has 0 saturated carbocycles. The summed E-state index contributed by atoms with van der Waals surface area (Å²) in [5.41, 5.74) is 0.728. The van der Waals surface area contributed by atoms with Gasteiger partial charge in [-0.15, -0.1) is 0 Å². The van der Waals surface area contributed by atoms with Crippen LogP contribution in [0.4, 0.5) is 5.69 Å². The zero-order valence-corrected chi connectivity index (χ0v) is 11.7. The van der Waals surface area contributed by atoms with Gasteiger partial charge in [0.1, 0.15) is 12.4 Å². The zero-order valence-electron chi connectivity index (χ0n) is 11.7. The normalized spacial score (nSPS) is 10.3. The van der Waals surface area contributed by atoms with Crippen molar-refractivity contribution in [2.24, 2.45) is 0 Å².